The number of methoxy groups -OCH3 is 1. The van der Waals surface area contributed by atoms with E-state index in [1.165, 1.54) is 6.42 Å². The molecule has 1 heterocycles. The molecule has 0 spiro atoms. The number of ether oxygens (including phenoxy) is 1. The van der Waals surface area contributed by atoms with Gasteiger partial charge in [-0.15, -0.1) is 0 Å². The quantitative estimate of drug-likeness (QED) is 0.870. The summed E-state index contributed by atoms with van der Waals surface area (Å²) in [5.74, 6) is -0.272. The molecule has 1 aromatic carbocycles. The molecular formula is C19H26N2O3. The molecule has 130 valence electrons. The van der Waals surface area contributed by atoms with Crippen molar-refractivity contribution < 1.29 is 14.3 Å². The van der Waals surface area contributed by atoms with E-state index in [1.54, 1.807) is 7.11 Å². The third kappa shape index (κ3) is 3.31. The average Bonchev–Trinajstić information content (AvgIpc) is 2.86. The zero-order valence-corrected chi connectivity index (χ0v) is 14.5. The number of benzene rings is 1. The van der Waals surface area contributed by atoms with E-state index >= 15 is 0 Å². The second-order valence-corrected chi connectivity index (χ2v) is 6.83. The van der Waals surface area contributed by atoms with Crippen LogP contribution in [0.5, 0.6) is 0 Å². The molecule has 0 unspecified atom stereocenters. The number of nitrogens with zero attached hydrogens (tertiary/aromatic N) is 1. The van der Waals surface area contributed by atoms with Crippen molar-refractivity contribution in [2.75, 3.05) is 20.3 Å². The standard InChI is InChI=1S/C19H26N2O3/c1-13-6-3-4-9-15(13)18-16(19(23)20-14-7-5-8-14)12-17(22)21(18)10-11-24-2/h3-4,6,9,14,16,18H,5,7-8,10-12H2,1-2H3,(H,20,23)/t16-,18+/m1/s1. The molecular weight excluding hydrogens is 304 g/mol. The molecule has 3 rings (SSSR count). The second-order valence-electron chi connectivity index (χ2n) is 6.83. The van der Waals surface area contributed by atoms with Crippen molar-refractivity contribution in [3.8, 4) is 0 Å². The Bertz CT molecular complexity index is 612. The minimum absolute atomic E-state index is 0.0150. The van der Waals surface area contributed by atoms with Gasteiger partial charge in [-0.05, 0) is 37.3 Å². The predicted octanol–water partition coefficient (Wildman–Crippen LogP) is 2.20. The van der Waals surface area contributed by atoms with Gasteiger partial charge in [-0.25, -0.2) is 0 Å². The molecule has 0 aromatic heterocycles. The summed E-state index contributed by atoms with van der Waals surface area (Å²) in [4.78, 5) is 27.2. The summed E-state index contributed by atoms with van der Waals surface area (Å²) in [7, 11) is 1.63. The van der Waals surface area contributed by atoms with Gasteiger partial charge in [-0.1, -0.05) is 24.3 Å². The van der Waals surface area contributed by atoms with Crippen molar-refractivity contribution in [3.05, 3.63) is 35.4 Å². The van der Waals surface area contributed by atoms with E-state index < -0.39 is 0 Å². The first kappa shape index (κ1) is 17.0. The van der Waals surface area contributed by atoms with Gasteiger partial charge >= 0.3 is 0 Å². The highest BCUT2D eigenvalue weighted by Crippen LogP contribution is 2.39. The summed E-state index contributed by atoms with van der Waals surface area (Å²) in [5, 5.41) is 3.13. The maximum atomic E-state index is 12.8. The molecule has 1 aromatic rings. The predicted molar refractivity (Wildman–Crippen MR) is 91.4 cm³/mol. The van der Waals surface area contributed by atoms with Crippen molar-refractivity contribution >= 4 is 11.8 Å². The molecule has 5 heteroatoms. The van der Waals surface area contributed by atoms with Gasteiger partial charge in [0.15, 0.2) is 0 Å². The van der Waals surface area contributed by atoms with Crippen LogP contribution in [0.15, 0.2) is 24.3 Å². The Morgan fingerprint density at radius 3 is 2.71 bits per heavy atom. The van der Waals surface area contributed by atoms with Gasteiger partial charge in [0.05, 0.1) is 18.6 Å². The molecule has 1 N–H and O–H groups in total. The molecule has 1 saturated heterocycles. The van der Waals surface area contributed by atoms with E-state index in [9.17, 15) is 9.59 Å². The lowest BCUT2D eigenvalue weighted by atomic mass is 9.88. The number of hydrogen-bond acceptors (Lipinski definition) is 3. The fourth-order valence-corrected chi connectivity index (χ4v) is 3.64. The molecule has 2 fully saturated rings. The molecule has 2 amide bonds. The summed E-state index contributed by atoms with van der Waals surface area (Å²) in [6.07, 6.45) is 3.56. The van der Waals surface area contributed by atoms with Gasteiger partial charge in [0.1, 0.15) is 0 Å². The fraction of sp³-hybridized carbons (Fsp3) is 0.579. The lowest BCUT2D eigenvalue weighted by Gasteiger charge is -2.32. The SMILES string of the molecule is COCCN1C(=O)C[C@@H](C(=O)NC2CCC2)[C@@H]1c1ccccc1C. The van der Waals surface area contributed by atoms with Crippen molar-refractivity contribution in [1.29, 1.82) is 0 Å². The minimum atomic E-state index is -0.323. The van der Waals surface area contributed by atoms with Crippen LogP contribution < -0.4 is 5.32 Å². The van der Waals surface area contributed by atoms with Crippen molar-refractivity contribution in [3.63, 3.8) is 0 Å². The zero-order valence-electron chi connectivity index (χ0n) is 14.5. The first-order valence-corrected chi connectivity index (χ1v) is 8.76. The fourth-order valence-electron chi connectivity index (χ4n) is 3.64. The van der Waals surface area contributed by atoms with Crippen molar-refractivity contribution in [1.82, 2.24) is 10.2 Å². The molecule has 1 saturated carbocycles. The topological polar surface area (TPSA) is 58.6 Å². The number of likely N-dealkylation sites (tertiary alicyclic amines) is 1. The van der Waals surface area contributed by atoms with Crippen LogP contribution in [0.2, 0.25) is 0 Å². The van der Waals surface area contributed by atoms with Crippen LogP contribution in [-0.4, -0.2) is 43.0 Å². The Morgan fingerprint density at radius 2 is 2.08 bits per heavy atom. The number of amides is 2. The number of carbonyl (C=O) groups is 2. The highest BCUT2D eigenvalue weighted by Gasteiger charge is 2.45. The zero-order chi connectivity index (χ0) is 17.1. The van der Waals surface area contributed by atoms with E-state index in [2.05, 4.69) is 5.32 Å². The third-order valence-electron chi connectivity index (χ3n) is 5.26. The molecule has 1 aliphatic heterocycles. The normalized spacial score (nSPS) is 24.1. The highest BCUT2D eigenvalue weighted by molar-refractivity contribution is 5.90. The minimum Gasteiger partial charge on any atom is -0.383 e. The van der Waals surface area contributed by atoms with Gasteiger partial charge in [0.25, 0.3) is 0 Å². The Hall–Kier alpha value is -1.88. The number of hydrogen-bond donors (Lipinski definition) is 1. The smallest absolute Gasteiger partial charge is 0.226 e. The van der Waals surface area contributed by atoms with Crippen molar-refractivity contribution in [2.45, 2.75) is 44.7 Å². The summed E-state index contributed by atoms with van der Waals surface area (Å²) in [5.41, 5.74) is 2.18. The van der Waals surface area contributed by atoms with Gasteiger partial charge in [-0.3, -0.25) is 9.59 Å². The van der Waals surface area contributed by atoms with E-state index in [4.69, 9.17) is 4.74 Å². The highest BCUT2D eigenvalue weighted by atomic mass is 16.5. The number of aryl methyl sites for hydroxylation is 1. The van der Waals surface area contributed by atoms with Gasteiger partial charge in [0.2, 0.25) is 11.8 Å². The van der Waals surface area contributed by atoms with Gasteiger partial charge in [-0.2, -0.15) is 0 Å². The van der Waals surface area contributed by atoms with E-state index in [-0.39, 0.29) is 36.2 Å². The van der Waals surface area contributed by atoms with Crippen LogP contribution in [0.1, 0.15) is 42.9 Å². The summed E-state index contributed by atoms with van der Waals surface area (Å²) in [6.45, 7) is 3.03. The Morgan fingerprint density at radius 1 is 1.33 bits per heavy atom. The third-order valence-corrected chi connectivity index (χ3v) is 5.26. The Kier molecular flexibility index (Phi) is 5.19. The lowest BCUT2D eigenvalue weighted by Crippen LogP contribution is -2.44. The first-order chi connectivity index (χ1) is 11.6. The molecule has 0 bridgehead atoms. The van der Waals surface area contributed by atoms with Crippen LogP contribution in [0, 0.1) is 12.8 Å². The molecule has 24 heavy (non-hydrogen) atoms. The van der Waals surface area contributed by atoms with E-state index in [0.717, 1.165) is 24.0 Å². The first-order valence-electron chi connectivity index (χ1n) is 8.76. The second kappa shape index (κ2) is 7.34. The monoisotopic (exact) mass is 330 g/mol. The van der Waals surface area contributed by atoms with Crippen molar-refractivity contribution in [2.24, 2.45) is 5.92 Å². The van der Waals surface area contributed by atoms with Gasteiger partial charge in [0, 0.05) is 26.1 Å². The van der Waals surface area contributed by atoms with Crippen LogP contribution >= 0.6 is 0 Å². The molecule has 2 aliphatic rings. The van der Waals surface area contributed by atoms with Crippen LogP contribution in [-0.2, 0) is 14.3 Å². The number of rotatable bonds is 6. The maximum Gasteiger partial charge on any atom is 0.226 e. The van der Waals surface area contributed by atoms with E-state index in [0.29, 0.717) is 13.2 Å². The molecule has 2 atom stereocenters. The molecule has 5 nitrogen and oxygen atoms in total. The van der Waals surface area contributed by atoms with Crippen LogP contribution in [0.4, 0.5) is 0 Å². The number of carbonyl (C=O) groups excluding carboxylic acids is 2. The Balaban J connectivity index is 1.86. The van der Waals surface area contributed by atoms with Crippen LogP contribution in [0.25, 0.3) is 0 Å². The van der Waals surface area contributed by atoms with E-state index in [1.807, 2.05) is 36.1 Å². The summed E-state index contributed by atoms with van der Waals surface area (Å²) in [6, 6.07) is 8.11. The Labute approximate surface area is 143 Å². The lowest BCUT2D eigenvalue weighted by molar-refractivity contribution is -0.130. The summed E-state index contributed by atoms with van der Waals surface area (Å²) >= 11 is 0. The molecule has 1 aliphatic carbocycles. The molecule has 0 radical (unpaired) electrons. The van der Waals surface area contributed by atoms with Crippen LogP contribution in [0.3, 0.4) is 0 Å². The number of nitrogens with one attached hydrogen (secondary N) is 1. The summed E-state index contributed by atoms with van der Waals surface area (Å²) < 4.78 is 5.16. The van der Waals surface area contributed by atoms with Gasteiger partial charge < -0.3 is 15.0 Å². The largest absolute Gasteiger partial charge is 0.383 e. The maximum absolute atomic E-state index is 12.8. The average molecular weight is 330 g/mol.